The lowest BCUT2D eigenvalue weighted by Gasteiger charge is -2.29. The molecule has 0 bridgehead atoms. The summed E-state index contributed by atoms with van der Waals surface area (Å²) < 4.78 is 40.5. The van der Waals surface area contributed by atoms with Crippen LogP contribution < -0.4 is 0 Å². The van der Waals surface area contributed by atoms with Gasteiger partial charge in [-0.25, -0.2) is 4.98 Å². The molecule has 2 heterocycles. The van der Waals surface area contributed by atoms with E-state index in [0.29, 0.717) is 35.3 Å². The Kier molecular flexibility index (Phi) is 4.56. The molecule has 150 valence electrons. The molecule has 0 saturated carbocycles. The molecule has 0 aliphatic carbocycles. The molecule has 0 fully saturated rings. The summed E-state index contributed by atoms with van der Waals surface area (Å²) in [5, 5.41) is 10.7. The zero-order valence-electron chi connectivity index (χ0n) is 15.6. The molecule has 0 atom stereocenters. The zero-order chi connectivity index (χ0) is 20.8. The number of hydrogen-bond acceptors (Lipinski definition) is 3. The first-order chi connectivity index (χ1) is 13.7. The lowest BCUT2D eigenvalue weighted by Crippen LogP contribution is -2.37. The number of benzene rings is 2. The van der Waals surface area contributed by atoms with Crippen LogP contribution in [0.5, 0.6) is 5.75 Å². The second-order valence-corrected chi connectivity index (χ2v) is 7.06. The van der Waals surface area contributed by atoms with Gasteiger partial charge >= 0.3 is 6.18 Å². The third-order valence-electron chi connectivity index (χ3n) is 5.03. The second-order valence-electron chi connectivity index (χ2n) is 7.06. The monoisotopic (exact) mass is 401 g/mol. The number of carbonyl (C=O) groups excluding carboxylic acids is 1. The van der Waals surface area contributed by atoms with Crippen molar-refractivity contribution in [2.24, 2.45) is 0 Å². The number of fused-ring (bicyclic) bond motifs is 1. The number of phenols is 1. The minimum Gasteiger partial charge on any atom is -0.505 e. The number of aryl methyl sites for hydroxylation is 1. The van der Waals surface area contributed by atoms with Gasteiger partial charge in [0.2, 0.25) is 0 Å². The Hall–Kier alpha value is -3.29. The van der Waals surface area contributed by atoms with Crippen molar-refractivity contribution in [1.29, 1.82) is 0 Å². The topological polar surface area (TPSA) is 58.4 Å². The van der Waals surface area contributed by atoms with E-state index >= 15 is 0 Å². The van der Waals surface area contributed by atoms with Gasteiger partial charge in [0.1, 0.15) is 5.75 Å². The molecule has 3 aromatic rings. The maximum absolute atomic E-state index is 12.9. The first-order valence-corrected chi connectivity index (χ1v) is 9.05. The van der Waals surface area contributed by atoms with Crippen LogP contribution in [0.4, 0.5) is 13.2 Å². The van der Waals surface area contributed by atoms with Crippen molar-refractivity contribution in [3.8, 4) is 11.4 Å². The predicted molar refractivity (Wildman–Crippen MR) is 99.9 cm³/mol. The van der Waals surface area contributed by atoms with Gasteiger partial charge in [-0.15, -0.1) is 0 Å². The quantitative estimate of drug-likeness (QED) is 0.719. The van der Waals surface area contributed by atoms with Gasteiger partial charge in [-0.3, -0.25) is 4.79 Å². The van der Waals surface area contributed by atoms with Crippen LogP contribution in [0.25, 0.3) is 5.69 Å². The third-order valence-corrected chi connectivity index (χ3v) is 5.03. The molecule has 1 amide bonds. The highest BCUT2D eigenvalue weighted by Gasteiger charge is 2.31. The Morgan fingerprint density at radius 2 is 2.00 bits per heavy atom. The van der Waals surface area contributed by atoms with Gasteiger partial charge in [0, 0.05) is 30.4 Å². The number of phenolic OH excluding ortho intramolecular Hbond substituents is 1. The lowest BCUT2D eigenvalue weighted by molar-refractivity contribution is -0.137. The molecule has 0 unspecified atom stereocenters. The minimum absolute atomic E-state index is 0.0203. The molecule has 0 spiro atoms. The van der Waals surface area contributed by atoms with Crippen molar-refractivity contribution in [3.63, 3.8) is 0 Å². The van der Waals surface area contributed by atoms with Gasteiger partial charge in [0.05, 0.1) is 23.3 Å². The number of aromatic nitrogens is 2. The SMILES string of the molecule is Cc1cn(-c2ccc3c(c2O)CCN(Cc2cccc(C(F)(F)F)c2)C3=O)cn1. The van der Waals surface area contributed by atoms with E-state index in [1.54, 1.807) is 35.3 Å². The van der Waals surface area contributed by atoms with E-state index in [-0.39, 0.29) is 18.2 Å². The lowest BCUT2D eigenvalue weighted by atomic mass is 9.96. The Balaban J connectivity index is 1.60. The molecule has 1 aliphatic rings. The van der Waals surface area contributed by atoms with E-state index in [1.165, 1.54) is 11.0 Å². The van der Waals surface area contributed by atoms with Gasteiger partial charge in [0.15, 0.2) is 0 Å². The molecule has 5 nitrogen and oxygen atoms in total. The fourth-order valence-electron chi connectivity index (χ4n) is 3.57. The number of alkyl halides is 3. The summed E-state index contributed by atoms with van der Waals surface area (Å²) in [5.41, 5.74) is 1.90. The summed E-state index contributed by atoms with van der Waals surface area (Å²) in [5.74, 6) is -0.292. The van der Waals surface area contributed by atoms with Crippen molar-refractivity contribution in [1.82, 2.24) is 14.5 Å². The fraction of sp³-hybridized carbons (Fsp3) is 0.238. The van der Waals surface area contributed by atoms with Crippen LogP contribution in [0.1, 0.15) is 32.7 Å². The first kappa shape index (κ1) is 19.0. The molecule has 2 aromatic carbocycles. The molecule has 1 N–H and O–H groups in total. The van der Waals surface area contributed by atoms with Gasteiger partial charge in [0.25, 0.3) is 5.91 Å². The van der Waals surface area contributed by atoms with Gasteiger partial charge in [-0.1, -0.05) is 12.1 Å². The molecule has 1 aromatic heterocycles. The molecule has 29 heavy (non-hydrogen) atoms. The van der Waals surface area contributed by atoms with Crippen LogP contribution in [0.2, 0.25) is 0 Å². The van der Waals surface area contributed by atoms with Crippen molar-refractivity contribution in [2.45, 2.75) is 26.1 Å². The molecule has 8 heteroatoms. The fourth-order valence-corrected chi connectivity index (χ4v) is 3.57. The summed E-state index contributed by atoms with van der Waals surface area (Å²) in [6, 6.07) is 8.26. The van der Waals surface area contributed by atoms with E-state index in [0.717, 1.165) is 17.8 Å². The average Bonchev–Trinajstić information content (AvgIpc) is 3.10. The van der Waals surface area contributed by atoms with Crippen LogP contribution in [0.3, 0.4) is 0 Å². The summed E-state index contributed by atoms with van der Waals surface area (Å²) in [4.78, 5) is 18.5. The molecular formula is C21H18F3N3O2. The maximum atomic E-state index is 12.9. The number of nitrogens with zero attached hydrogens (tertiary/aromatic N) is 3. The Bertz CT molecular complexity index is 1090. The number of amides is 1. The summed E-state index contributed by atoms with van der Waals surface area (Å²) in [6.45, 7) is 2.22. The number of halogens is 3. The van der Waals surface area contributed by atoms with E-state index in [9.17, 15) is 23.1 Å². The third kappa shape index (κ3) is 3.57. The van der Waals surface area contributed by atoms with Crippen molar-refractivity contribution in [3.05, 3.63) is 76.9 Å². The average molecular weight is 401 g/mol. The Labute approximate surface area is 165 Å². The number of rotatable bonds is 3. The van der Waals surface area contributed by atoms with Crippen molar-refractivity contribution in [2.75, 3.05) is 6.54 Å². The van der Waals surface area contributed by atoms with E-state index in [1.807, 2.05) is 6.92 Å². The molecule has 1 aliphatic heterocycles. The highest BCUT2D eigenvalue weighted by atomic mass is 19.4. The smallest absolute Gasteiger partial charge is 0.416 e. The van der Waals surface area contributed by atoms with E-state index < -0.39 is 11.7 Å². The first-order valence-electron chi connectivity index (χ1n) is 9.05. The minimum atomic E-state index is -4.43. The number of aromatic hydroxyl groups is 1. The highest BCUT2D eigenvalue weighted by molar-refractivity contribution is 5.98. The van der Waals surface area contributed by atoms with Crippen molar-refractivity contribution < 1.29 is 23.1 Å². The van der Waals surface area contributed by atoms with Crippen molar-refractivity contribution >= 4 is 5.91 Å². The largest absolute Gasteiger partial charge is 0.505 e. The predicted octanol–water partition coefficient (Wildman–Crippen LogP) is 4.10. The van der Waals surface area contributed by atoms with Crippen LogP contribution in [-0.2, 0) is 19.1 Å². The highest BCUT2D eigenvalue weighted by Crippen LogP contribution is 2.34. The molecule has 4 rings (SSSR count). The Morgan fingerprint density at radius 3 is 2.69 bits per heavy atom. The summed E-state index contributed by atoms with van der Waals surface area (Å²) in [6.07, 6.45) is -0.664. The molecular weight excluding hydrogens is 383 g/mol. The molecule has 0 saturated heterocycles. The molecule has 0 radical (unpaired) electrons. The maximum Gasteiger partial charge on any atom is 0.416 e. The van der Waals surface area contributed by atoms with E-state index in [2.05, 4.69) is 4.98 Å². The zero-order valence-corrected chi connectivity index (χ0v) is 15.6. The van der Waals surface area contributed by atoms with Gasteiger partial charge < -0.3 is 14.6 Å². The number of hydrogen-bond donors (Lipinski definition) is 1. The van der Waals surface area contributed by atoms with Gasteiger partial charge in [-0.2, -0.15) is 13.2 Å². The standard InChI is InChI=1S/C21H18F3N3O2/c1-13-10-27(12-25-13)18-6-5-17-16(19(18)28)7-8-26(20(17)29)11-14-3-2-4-15(9-14)21(22,23)24/h2-6,9-10,12,28H,7-8,11H2,1H3. The van der Waals surface area contributed by atoms with Crippen LogP contribution in [0.15, 0.2) is 48.9 Å². The number of imidazole rings is 1. The normalized spacial score (nSPS) is 14.2. The van der Waals surface area contributed by atoms with Gasteiger partial charge in [-0.05, 0) is 43.2 Å². The van der Waals surface area contributed by atoms with Crippen LogP contribution >= 0.6 is 0 Å². The number of carbonyl (C=O) groups is 1. The Morgan fingerprint density at radius 1 is 1.21 bits per heavy atom. The van der Waals surface area contributed by atoms with Crippen LogP contribution in [0, 0.1) is 6.92 Å². The summed E-state index contributed by atoms with van der Waals surface area (Å²) >= 11 is 0. The van der Waals surface area contributed by atoms with Crippen LogP contribution in [-0.4, -0.2) is 32.0 Å². The second kappa shape index (κ2) is 6.95. The van der Waals surface area contributed by atoms with E-state index in [4.69, 9.17) is 0 Å². The summed E-state index contributed by atoms with van der Waals surface area (Å²) in [7, 11) is 0.